The van der Waals surface area contributed by atoms with E-state index in [1.165, 1.54) is 18.2 Å². The number of hydrogen-bond donors (Lipinski definition) is 1. The number of ether oxygens (including phenoxy) is 7. The number of rotatable bonds is 13. The number of nitro groups is 1. The molecule has 1 aliphatic rings. The predicted octanol–water partition coefficient (Wildman–Crippen LogP) is 4.64. The van der Waals surface area contributed by atoms with E-state index < -0.39 is 91.3 Å². The Hall–Kier alpha value is -4.29. The average Bonchev–Trinajstić information content (AvgIpc) is 2.96. The summed E-state index contributed by atoms with van der Waals surface area (Å²) in [5.41, 5.74) is -0.877. The summed E-state index contributed by atoms with van der Waals surface area (Å²) in [6.45, 7) is 18.6. The fourth-order valence-electron chi connectivity index (χ4n) is 4.72. The van der Waals surface area contributed by atoms with Crippen LogP contribution in [0.4, 0.5) is 10.5 Å². The fourth-order valence-corrected chi connectivity index (χ4v) is 6.04. The molecular weight excluding hydrogens is 692 g/mol. The van der Waals surface area contributed by atoms with Crippen molar-refractivity contribution in [1.82, 2.24) is 5.32 Å². The van der Waals surface area contributed by atoms with Crippen LogP contribution in [0.15, 0.2) is 18.2 Å². The van der Waals surface area contributed by atoms with Gasteiger partial charge in [-0.2, -0.15) is 0 Å². The zero-order valence-electron chi connectivity index (χ0n) is 31.2. The average molecular weight is 743 g/mol. The summed E-state index contributed by atoms with van der Waals surface area (Å²) in [4.78, 5) is 73.2. The molecule has 0 aromatic heterocycles. The van der Waals surface area contributed by atoms with Gasteiger partial charge in [-0.05, 0) is 57.0 Å². The minimum atomic E-state index is -2.48. The van der Waals surface area contributed by atoms with Crippen LogP contribution in [-0.2, 0) is 52.0 Å². The van der Waals surface area contributed by atoms with Gasteiger partial charge in [-0.3, -0.25) is 24.5 Å². The van der Waals surface area contributed by atoms with E-state index in [0.717, 1.165) is 27.9 Å². The maximum Gasteiger partial charge on any atom is 0.407 e. The summed E-state index contributed by atoms with van der Waals surface area (Å²) in [5.74, 6) is -4.13. The summed E-state index contributed by atoms with van der Waals surface area (Å²) >= 11 is 0. The number of benzene rings is 1. The van der Waals surface area contributed by atoms with Crippen molar-refractivity contribution in [2.75, 3.05) is 13.7 Å². The first-order chi connectivity index (χ1) is 23.4. The summed E-state index contributed by atoms with van der Waals surface area (Å²) in [6, 6.07) is 4.05. The Kier molecular flexibility index (Phi) is 14.5. The molecule has 0 bridgehead atoms. The number of nitrogens with one attached hydrogen (secondary N) is 1. The Morgan fingerprint density at radius 2 is 1.47 bits per heavy atom. The number of carbonyl (C=O) groups excluding carboxylic acids is 5. The van der Waals surface area contributed by atoms with Gasteiger partial charge in [-0.25, -0.2) is 9.59 Å². The van der Waals surface area contributed by atoms with E-state index >= 15 is 0 Å². The largest absolute Gasteiger partial charge is 0.467 e. The zero-order valence-corrected chi connectivity index (χ0v) is 32.2. The first kappa shape index (κ1) is 42.9. The van der Waals surface area contributed by atoms with Crippen molar-refractivity contribution >= 4 is 44.0 Å². The third-order valence-corrected chi connectivity index (χ3v) is 12.4. The Labute approximate surface area is 298 Å². The van der Waals surface area contributed by atoms with Crippen molar-refractivity contribution < 1.29 is 66.5 Å². The molecule has 18 heteroatoms. The lowest BCUT2D eigenvalue weighted by molar-refractivity contribution is -0.387. The first-order valence-corrected chi connectivity index (χ1v) is 19.1. The topological polar surface area (TPSA) is 214 Å². The summed E-state index contributed by atoms with van der Waals surface area (Å²) in [6.07, 6.45) is -9.68. The molecule has 286 valence electrons. The standard InChI is InChI=1S/C33H50N2O15Si/c1-18(36)44-25-26(45-19(2)37)28(46-20(3)38)30(48-27(25)29(39)43-10)47-24-14-13-21(17-22(24)35(41)42)23(50-51(11,12)33(7,8)9)15-16-34-31(40)49-32(4,5)6/h13-14,17,23,25-28,30H,15-16H2,1-12H3,(H,34,40)/t23?,25-,26-,27-,28+,30-/m0/s1. The van der Waals surface area contributed by atoms with Crippen LogP contribution < -0.4 is 10.1 Å². The number of alkyl carbamates (subject to hydrolysis) is 1. The van der Waals surface area contributed by atoms with Crippen LogP contribution in [0.5, 0.6) is 5.75 Å². The van der Waals surface area contributed by atoms with Gasteiger partial charge < -0.3 is 42.9 Å². The predicted molar refractivity (Wildman–Crippen MR) is 181 cm³/mol. The fraction of sp³-hybridized carbons (Fsp3) is 0.667. The van der Waals surface area contributed by atoms with Crippen LogP contribution in [0.3, 0.4) is 0 Å². The molecule has 2 rings (SSSR count). The highest BCUT2D eigenvalue weighted by Gasteiger charge is 2.56. The first-order valence-electron chi connectivity index (χ1n) is 16.2. The van der Waals surface area contributed by atoms with Gasteiger partial charge in [0.2, 0.25) is 12.4 Å². The van der Waals surface area contributed by atoms with Crippen molar-refractivity contribution in [3.63, 3.8) is 0 Å². The molecule has 51 heavy (non-hydrogen) atoms. The molecule has 1 amide bonds. The second-order valence-electron chi connectivity index (χ2n) is 14.4. The van der Waals surface area contributed by atoms with Crippen LogP contribution >= 0.6 is 0 Å². The maximum atomic E-state index is 12.8. The van der Waals surface area contributed by atoms with Crippen LogP contribution in [0.25, 0.3) is 0 Å². The number of hydrogen-bond acceptors (Lipinski definition) is 15. The van der Waals surface area contributed by atoms with Gasteiger partial charge in [0, 0.05) is 33.4 Å². The molecule has 1 N–H and O–H groups in total. The lowest BCUT2D eigenvalue weighted by atomic mass is 9.97. The number of methoxy groups -OCH3 is 1. The molecule has 1 saturated heterocycles. The molecule has 0 radical (unpaired) electrons. The van der Waals surface area contributed by atoms with Crippen molar-refractivity contribution in [2.24, 2.45) is 0 Å². The number of esters is 4. The van der Waals surface area contributed by atoms with Crippen molar-refractivity contribution in [1.29, 1.82) is 0 Å². The Balaban J connectivity index is 2.61. The van der Waals surface area contributed by atoms with Crippen LogP contribution in [-0.4, -0.2) is 93.2 Å². The van der Waals surface area contributed by atoms with E-state index in [0.29, 0.717) is 5.56 Å². The monoisotopic (exact) mass is 742 g/mol. The second-order valence-corrected chi connectivity index (χ2v) is 19.1. The highest BCUT2D eigenvalue weighted by molar-refractivity contribution is 6.74. The lowest BCUT2D eigenvalue weighted by Crippen LogP contribution is -2.64. The lowest BCUT2D eigenvalue weighted by Gasteiger charge is -2.43. The normalized spacial score (nSPS) is 21.4. The number of carbonyl (C=O) groups is 5. The number of nitro benzene ring substituents is 1. The Morgan fingerprint density at radius 1 is 0.922 bits per heavy atom. The highest BCUT2D eigenvalue weighted by Crippen LogP contribution is 2.42. The second kappa shape index (κ2) is 17.3. The van der Waals surface area contributed by atoms with Crippen LogP contribution in [0.1, 0.15) is 80.4 Å². The molecule has 1 unspecified atom stereocenters. The van der Waals surface area contributed by atoms with E-state index in [1.54, 1.807) is 20.8 Å². The Bertz CT molecular complexity index is 1450. The van der Waals surface area contributed by atoms with Gasteiger partial charge in [0.1, 0.15) is 5.60 Å². The molecule has 1 heterocycles. The SMILES string of the molecule is COC(=O)[C@H]1O[C@H](Oc2ccc(C(CCNC(=O)OC(C)(C)C)O[Si](C)(C)C(C)(C)C)cc2[N+](=O)[O-])[C@H](OC(C)=O)[C@@H](OC(C)=O)[C@@H]1OC(C)=O. The summed E-state index contributed by atoms with van der Waals surface area (Å²) in [5, 5.41) is 14.9. The van der Waals surface area contributed by atoms with Crippen LogP contribution in [0, 0.1) is 10.1 Å². The Morgan fingerprint density at radius 3 is 1.96 bits per heavy atom. The van der Waals surface area contributed by atoms with E-state index in [4.69, 9.17) is 37.6 Å². The van der Waals surface area contributed by atoms with Gasteiger partial charge in [0.25, 0.3) is 0 Å². The van der Waals surface area contributed by atoms with Crippen molar-refractivity contribution in [2.45, 2.75) is 129 Å². The molecule has 1 aromatic rings. The van der Waals surface area contributed by atoms with E-state index in [2.05, 4.69) is 5.32 Å². The molecule has 6 atom stereocenters. The van der Waals surface area contributed by atoms with Crippen molar-refractivity contribution in [3.8, 4) is 5.75 Å². The van der Waals surface area contributed by atoms with Crippen molar-refractivity contribution in [3.05, 3.63) is 33.9 Å². The van der Waals surface area contributed by atoms with Gasteiger partial charge in [0.05, 0.1) is 18.1 Å². The molecule has 1 fully saturated rings. The smallest absolute Gasteiger partial charge is 0.407 e. The minimum absolute atomic E-state index is 0.121. The minimum Gasteiger partial charge on any atom is -0.467 e. The third kappa shape index (κ3) is 12.5. The summed E-state index contributed by atoms with van der Waals surface area (Å²) < 4.78 is 44.4. The molecule has 1 aromatic carbocycles. The number of amides is 1. The quantitative estimate of drug-likeness (QED) is 0.0958. The summed E-state index contributed by atoms with van der Waals surface area (Å²) in [7, 11) is -1.45. The van der Waals surface area contributed by atoms with E-state index in [1.807, 2.05) is 33.9 Å². The van der Waals surface area contributed by atoms with Crippen LogP contribution in [0.2, 0.25) is 18.1 Å². The maximum absolute atomic E-state index is 12.8. The third-order valence-electron chi connectivity index (χ3n) is 7.95. The molecule has 0 spiro atoms. The van der Waals surface area contributed by atoms with E-state index in [-0.39, 0.29) is 23.8 Å². The van der Waals surface area contributed by atoms with Gasteiger partial charge in [-0.1, -0.05) is 26.8 Å². The molecular formula is C33H50N2O15Si. The molecule has 0 saturated carbocycles. The molecule has 1 aliphatic heterocycles. The van der Waals surface area contributed by atoms with Gasteiger partial charge >= 0.3 is 35.7 Å². The highest BCUT2D eigenvalue weighted by atomic mass is 28.4. The zero-order chi connectivity index (χ0) is 39.1. The molecule has 17 nitrogen and oxygen atoms in total. The molecule has 0 aliphatic carbocycles. The van der Waals surface area contributed by atoms with Gasteiger partial charge in [-0.15, -0.1) is 0 Å². The number of nitrogens with zero attached hydrogens (tertiary/aromatic N) is 1. The van der Waals surface area contributed by atoms with Gasteiger partial charge in [0.15, 0.2) is 32.4 Å². The van der Waals surface area contributed by atoms with E-state index in [9.17, 15) is 34.1 Å².